The first-order valence-corrected chi connectivity index (χ1v) is 6.37. The van der Waals surface area contributed by atoms with Gasteiger partial charge in [0.2, 0.25) is 11.8 Å². The number of hydrogen-bond donors (Lipinski definition) is 2. The minimum Gasteiger partial charge on any atom is -0.444 e. The lowest BCUT2D eigenvalue weighted by atomic mass is 10.3. The Labute approximate surface area is 116 Å². The van der Waals surface area contributed by atoms with Crippen LogP contribution in [0.3, 0.4) is 0 Å². The molecule has 5 nitrogen and oxygen atoms in total. The molecule has 1 aromatic carbocycles. The molecule has 1 aromatic heterocycles. The van der Waals surface area contributed by atoms with Crippen LogP contribution in [0.1, 0.15) is 18.6 Å². The van der Waals surface area contributed by atoms with E-state index in [1.807, 2.05) is 6.92 Å². The normalized spacial score (nSPS) is 10.5. The third-order valence-electron chi connectivity index (χ3n) is 2.66. The molecular formula is C14H16FN3O2. The Morgan fingerprint density at radius 2 is 2.20 bits per heavy atom. The minimum atomic E-state index is -0.457. The lowest BCUT2D eigenvalue weighted by Gasteiger charge is -2.06. The van der Waals surface area contributed by atoms with Crippen LogP contribution >= 0.6 is 0 Å². The van der Waals surface area contributed by atoms with Gasteiger partial charge in [-0.25, -0.2) is 9.37 Å². The van der Waals surface area contributed by atoms with Gasteiger partial charge in [0.25, 0.3) is 0 Å². The fourth-order valence-corrected chi connectivity index (χ4v) is 1.63. The van der Waals surface area contributed by atoms with Gasteiger partial charge >= 0.3 is 0 Å². The average molecular weight is 277 g/mol. The summed E-state index contributed by atoms with van der Waals surface area (Å²) in [4.78, 5) is 15.7. The van der Waals surface area contributed by atoms with Gasteiger partial charge in [0.05, 0.1) is 25.0 Å². The number of oxazole rings is 1. The molecule has 1 amide bonds. The first-order chi connectivity index (χ1) is 9.69. The van der Waals surface area contributed by atoms with E-state index in [0.29, 0.717) is 12.4 Å². The molecule has 0 atom stereocenters. The summed E-state index contributed by atoms with van der Waals surface area (Å²) in [7, 11) is 0. The second kappa shape index (κ2) is 6.81. The summed E-state index contributed by atoms with van der Waals surface area (Å²) in [6.45, 7) is 2.38. The van der Waals surface area contributed by atoms with Gasteiger partial charge < -0.3 is 9.73 Å². The molecule has 20 heavy (non-hydrogen) atoms. The highest BCUT2D eigenvalue weighted by Crippen LogP contribution is 2.11. The number of rotatable bonds is 6. The van der Waals surface area contributed by atoms with E-state index >= 15 is 0 Å². The monoisotopic (exact) mass is 277 g/mol. The zero-order chi connectivity index (χ0) is 14.4. The van der Waals surface area contributed by atoms with Gasteiger partial charge in [-0.1, -0.05) is 19.1 Å². The Hall–Kier alpha value is -2.21. The number of benzene rings is 1. The molecule has 2 rings (SSSR count). The van der Waals surface area contributed by atoms with Crippen molar-refractivity contribution in [1.82, 2.24) is 10.3 Å². The van der Waals surface area contributed by atoms with Gasteiger partial charge in [0.1, 0.15) is 11.6 Å². The number of para-hydroxylation sites is 1. The second-order valence-electron chi connectivity index (χ2n) is 4.21. The van der Waals surface area contributed by atoms with Crippen molar-refractivity contribution in [2.24, 2.45) is 0 Å². The van der Waals surface area contributed by atoms with Crippen molar-refractivity contribution in [2.75, 3.05) is 11.9 Å². The summed E-state index contributed by atoms with van der Waals surface area (Å²) in [6.07, 6.45) is 2.44. The number of carbonyl (C=O) groups excluding carboxylic acids is 1. The summed E-state index contributed by atoms with van der Waals surface area (Å²) in [5.74, 6) is 0.552. The second-order valence-corrected chi connectivity index (χ2v) is 4.21. The van der Waals surface area contributed by atoms with Gasteiger partial charge in [-0.15, -0.1) is 0 Å². The molecule has 0 saturated heterocycles. The minimum absolute atomic E-state index is 0.0537. The van der Waals surface area contributed by atoms with Crippen LogP contribution in [-0.2, 0) is 17.8 Å². The van der Waals surface area contributed by atoms with Crippen molar-refractivity contribution in [3.8, 4) is 0 Å². The van der Waals surface area contributed by atoms with Crippen LogP contribution in [0.15, 0.2) is 34.9 Å². The Morgan fingerprint density at radius 1 is 1.40 bits per heavy atom. The number of nitrogens with zero attached hydrogens (tertiary/aromatic N) is 1. The molecule has 2 aromatic rings. The van der Waals surface area contributed by atoms with Crippen molar-refractivity contribution >= 4 is 11.6 Å². The van der Waals surface area contributed by atoms with E-state index in [1.54, 1.807) is 18.3 Å². The Kier molecular flexibility index (Phi) is 4.84. The van der Waals surface area contributed by atoms with Gasteiger partial charge in [0.15, 0.2) is 0 Å². The van der Waals surface area contributed by atoms with Crippen molar-refractivity contribution in [2.45, 2.75) is 19.9 Å². The van der Waals surface area contributed by atoms with Crippen molar-refractivity contribution in [1.29, 1.82) is 0 Å². The van der Waals surface area contributed by atoms with Crippen LogP contribution in [-0.4, -0.2) is 17.4 Å². The summed E-state index contributed by atoms with van der Waals surface area (Å²) >= 11 is 0. The maximum atomic E-state index is 13.3. The highest BCUT2D eigenvalue weighted by molar-refractivity contribution is 5.92. The van der Waals surface area contributed by atoms with E-state index in [1.165, 1.54) is 12.1 Å². The zero-order valence-electron chi connectivity index (χ0n) is 11.1. The standard InChI is InChI=1S/C14H16FN3O2/c1-2-10-7-17-14(20-10)9-16-8-13(19)18-12-6-4-3-5-11(12)15/h3-7,16H,2,8-9H2,1H3,(H,18,19). The smallest absolute Gasteiger partial charge is 0.238 e. The molecule has 0 spiro atoms. The summed E-state index contributed by atoms with van der Waals surface area (Å²) < 4.78 is 18.7. The average Bonchev–Trinajstić information content (AvgIpc) is 2.89. The number of carbonyl (C=O) groups is 1. The SMILES string of the molecule is CCc1cnc(CNCC(=O)Nc2ccccc2F)o1. The fraction of sp³-hybridized carbons (Fsp3) is 0.286. The van der Waals surface area contributed by atoms with Crippen LogP contribution in [0.2, 0.25) is 0 Å². The van der Waals surface area contributed by atoms with Crippen LogP contribution in [0.25, 0.3) is 0 Å². The lowest BCUT2D eigenvalue weighted by Crippen LogP contribution is -2.28. The highest BCUT2D eigenvalue weighted by Gasteiger charge is 2.07. The Balaban J connectivity index is 1.77. The summed E-state index contributed by atoms with van der Waals surface area (Å²) in [5.41, 5.74) is 0.170. The van der Waals surface area contributed by atoms with E-state index in [9.17, 15) is 9.18 Å². The van der Waals surface area contributed by atoms with Crippen molar-refractivity contribution in [3.63, 3.8) is 0 Å². The van der Waals surface area contributed by atoms with Crippen LogP contribution in [0.5, 0.6) is 0 Å². The summed E-state index contributed by atoms with van der Waals surface area (Å²) in [6, 6.07) is 6.03. The number of hydrogen-bond acceptors (Lipinski definition) is 4. The molecule has 0 aliphatic carbocycles. The summed E-state index contributed by atoms with van der Waals surface area (Å²) in [5, 5.41) is 5.37. The molecule has 0 bridgehead atoms. The number of halogens is 1. The molecule has 0 fully saturated rings. The maximum absolute atomic E-state index is 13.3. The van der Waals surface area contributed by atoms with Gasteiger partial charge in [-0.3, -0.25) is 10.1 Å². The van der Waals surface area contributed by atoms with E-state index < -0.39 is 5.82 Å². The number of amides is 1. The predicted molar refractivity (Wildman–Crippen MR) is 72.6 cm³/mol. The molecular weight excluding hydrogens is 261 g/mol. The largest absolute Gasteiger partial charge is 0.444 e. The van der Waals surface area contributed by atoms with E-state index in [-0.39, 0.29) is 18.1 Å². The highest BCUT2D eigenvalue weighted by atomic mass is 19.1. The first kappa shape index (κ1) is 14.2. The molecule has 1 heterocycles. The first-order valence-electron chi connectivity index (χ1n) is 6.37. The van der Waals surface area contributed by atoms with E-state index in [2.05, 4.69) is 15.6 Å². The van der Waals surface area contributed by atoms with Crippen LogP contribution in [0, 0.1) is 5.82 Å². The predicted octanol–water partition coefficient (Wildman–Crippen LogP) is 2.10. The molecule has 0 unspecified atom stereocenters. The zero-order valence-corrected chi connectivity index (χ0v) is 11.1. The molecule has 106 valence electrons. The van der Waals surface area contributed by atoms with Crippen LogP contribution < -0.4 is 10.6 Å². The van der Waals surface area contributed by atoms with Gasteiger partial charge in [-0.2, -0.15) is 0 Å². The quantitative estimate of drug-likeness (QED) is 0.848. The topological polar surface area (TPSA) is 67.2 Å². The third-order valence-corrected chi connectivity index (χ3v) is 2.66. The molecule has 0 aliphatic rings. The number of nitrogens with one attached hydrogen (secondary N) is 2. The van der Waals surface area contributed by atoms with E-state index in [4.69, 9.17) is 4.42 Å². The Morgan fingerprint density at radius 3 is 2.90 bits per heavy atom. The number of aryl methyl sites for hydroxylation is 1. The molecule has 0 radical (unpaired) electrons. The van der Waals surface area contributed by atoms with E-state index in [0.717, 1.165) is 12.2 Å². The van der Waals surface area contributed by atoms with Gasteiger partial charge in [-0.05, 0) is 12.1 Å². The lowest BCUT2D eigenvalue weighted by molar-refractivity contribution is -0.115. The number of aromatic nitrogens is 1. The molecule has 2 N–H and O–H groups in total. The van der Waals surface area contributed by atoms with Crippen molar-refractivity contribution in [3.05, 3.63) is 47.9 Å². The molecule has 0 aliphatic heterocycles. The molecule has 6 heteroatoms. The van der Waals surface area contributed by atoms with Crippen LogP contribution in [0.4, 0.5) is 10.1 Å². The third kappa shape index (κ3) is 3.89. The molecule has 0 saturated carbocycles. The van der Waals surface area contributed by atoms with Crippen molar-refractivity contribution < 1.29 is 13.6 Å². The Bertz CT molecular complexity index is 583. The van der Waals surface area contributed by atoms with Gasteiger partial charge in [0, 0.05) is 6.42 Å². The number of anilines is 1. The maximum Gasteiger partial charge on any atom is 0.238 e. The fourth-order valence-electron chi connectivity index (χ4n) is 1.63.